The van der Waals surface area contributed by atoms with E-state index in [1.807, 2.05) is 24.3 Å². The fraction of sp³-hybridized carbons (Fsp3) is 0.556. The maximum Gasteiger partial charge on any atom is 0.191 e. The van der Waals surface area contributed by atoms with Crippen LogP contribution in [0, 0.1) is 11.3 Å². The number of nitriles is 1. The van der Waals surface area contributed by atoms with Gasteiger partial charge in [-0.05, 0) is 31.5 Å². The van der Waals surface area contributed by atoms with Gasteiger partial charge in [0.05, 0.1) is 24.8 Å². The van der Waals surface area contributed by atoms with Crippen molar-refractivity contribution < 1.29 is 4.74 Å². The molecular weight excluding hydrogens is 429 g/mol. The van der Waals surface area contributed by atoms with Gasteiger partial charge in [-0.15, -0.1) is 24.0 Å². The van der Waals surface area contributed by atoms with Crippen molar-refractivity contribution in [1.29, 1.82) is 5.26 Å². The van der Waals surface area contributed by atoms with Crippen molar-refractivity contribution in [2.45, 2.75) is 25.9 Å². The summed E-state index contributed by atoms with van der Waals surface area (Å²) >= 11 is 0. The number of morpholine rings is 1. The highest BCUT2D eigenvalue weighted by molar-refractivity contribution is 14.0. The third-order valence-corrected chi connectivity index (χ3v) is 4.32. The van der Waals surface area contributed by atoms with Gasteiger partial charge in [0.2, 0.25) is 0 Å². The lowest BCUT2D eigenvalue weighted by atomic mass is 10.0. The summed E-state index contributed by atoms with van der Waals surface area (Å²) in [5, 5.41) is 15.5. The second-order valence-corrected chi connectivity index (χ2v) is 6.50. The molecule has 2 N–H and O–H groups in total. The number of nitrogens with zero attached hydrogens (tertiary/aromatic N) is 3. The van der Waals surface area contributed by atoms with Gasteiger partial charge in [0, 0.05) is 38.8 Å². The highest BCUT2D eigenvalue weighted by atomic mass is 127. The quantitative estimate of drug-likeness (QED) is 0.402. The molecule has 1 fully saturated rings. The molecule has 0 radical (unpaired) electrons. The van der Waals surface area contributed by atoms with E-state index < -0.39 is 0 Å². The van der Waals surface area contributed by atoms with Gasteiger partial charge >= 0.3 is 0 Å². The van der Waals surface area contributed by atoms with Crippen LogP contribution in [0.15, 0.2) is 29.3 Å². The lowest BCUT2D eigenvalue weighted by Gasteiger charge is -2.41. The van der Waals surface area contributed by atoms with Crippen molar-refractivity contribution in [3.63, 3.8) is 0 Å². The van der Waals surface area contributed by atoms with Crippen LogP contribution in [-0.4, -0.2) is 56.3 Å². The number of ether oxygens (including phenoxy) is 1. The summed E-state index contributed by atoms with van der Waals surface area (Å²) in [6, 6.07) is 9.69. The van der Waals surface area contributed by atoms with Gasteiger partial charge in [0.15, 0.2) is 5.96 Å². The summed E-state index contributed by atoms with van der Waals surface area (Å²) in [4.78, 5) is 6.73. The molecule has 1 aliphatic rings. The van der Waals surface area contributed by atoms with E-state index in [1.165, 1.54) is 0 Å². The molecule has 0 bridgehead atoms. The molecule has 7 heteroatoms. The molecule has 1 aliphatic heterocycles. The molecule has 1 aromatic rings. The molecule has 0 atom stereocenters. The average Bonchev–Trinajstić information content (AvgIpc) is 2.63. The second-order valence-electron chi connectivity index (χ2n) is 6.50. The van der Waals surface area contributed by atoms with Gasteiger partial charge in [-0.25, -0.2) is 0 Å². The zero-order chi connectivity index (χ0) is 17.4. The summed E-state index contributed by atoms with van der Waals surface area (Å²) in [5.41, 5.74) is 1.83. The van der Waals surface area contributed by atoms with Crippen LogP contribution >= 0.6 is 24.0 Å². The summed E-state index contributed by atoms with van der Waals surface area (Å²) in [6.45, 7) is 9.48. The summed E-state index contributed by atoms with van der Waals surface area (Å²) < 4.78 is 5.43. The Bertz CT molecular complexity index is 588. The predicted molar refractivity (Wildman–Crippen MR) is 111 cm³/mol. The van der Waals surface area contributed by atoms with Gasteiger partial charge in [-0.1, -0.05) is 12.1 Å². The molecular formula is C18H28IN5O. The molecule has 1 aromatic carbocycles. The van der Waals surface area contributed by atoms with E-state index in [0.717, 1.165) is 44.4 Å². The van der Waals surface area contributed by atoms with Crippen LogP contribution in [0.25, 0.3) is 0 Å². The summed E-state index contributed by atoms with van der Waals surface area (Å²) in [6.07, 6.45) is 0. The van der Waals surface area contributed by atoms with Gasteiger partial charge in [0.1, 0.15) is 0 Å². The number of benzene rings is 1. The molecule has 1 saturated heterocycles. The fourth-order valence-corrected chi connectivity index (χ4v) is 2.68. The first-order valence-corrected chi connectivity index (χ1v) is 8.31. The van der Waals surface area contributed by atoms with Crippen LogP contribution in [0.3, 0.4) is 0 Å². The SMILES string of the molecule is CN=C(NCc1ccc(C#N)cc1)NCC(C)(C)N1CCOCC1.I. The van der Waals surface area contributed by atoms with E-state index in [1.54, 1.807) is 7.05 Å². The molecule has 138 valence electrons. The minimum atomic E-state index is 0. The van der Waals surface area contributed by atoms with E-state index >= 15 is 0 Å². The number of guanidine groups is 1. The second kappa shape index (κ2) is 10.6. The first-order chi connectivity index (χ1) is 11.5. The number of halogens is 1. The fourth-order valence-electron chi connectivity index (χ4n) is 2.68. The minimum absolute atomic E-state index is 0. The van der Waals surface area contributed by atoms with Crippen molar-refractivity contribution in [3.05, 3.63) is 35.4 Å². The van der Waals surface area contributed by atoms with Crippen LogP contribution in [0.5, 0.6) is 0 Å². The third kappa shape index (κ3) is 6.80. The van der Waals surface area contributed by atoms with Crippen LogP contribution in [0.1, 0.15) is 25.0 Å². The summed E-state index contributed by atoms with van der Waals surface area (Å²) in [7, 11) is 1.77. The van der Waals surface area contributed by atoms with Gasteiger partial charge in [-0.2, -0.15) is 5.26 Å². The van der Waals surface area contributed by atoms with E-state index in [-0.39, 0.29) is 29.5 Å². The Morgan fingerprint density at radius 3 is 2.44 bits per heavy atom. The number of hydrogen-bond acceptors (Lipinski definition) is 4. The van der Waals surface area contributed by atoms with E-state index in [2.05, 4.69) is 40.4 Å². The molecule has 6 nitrogen and oxygen atoms in total. The van der Waals surface area contributed by atoms with E-state index in [9.17, 15) is 0 Å². The van der Waals surface area contributed by atoms with Crippen LogP contribution < -0.4 is 10.6 Å². The molecule has 0 spiro atoms. The predicted octanol–water partition coefficient (Wildman–Crippen LogP) is 1.95. The lowest BCUT2D eigenvalue weighted by Crippen LogP contribution is -2.56. The average molecular weight is 457 g/mol. The Morgan fingerprint density at radius 2 is 1.88 bits per heavy atom. The van der Waals surface area contributed by atoms with Gasteiger partial charge in [-0.3, -0.25) is 9.89 Å². The Labute approximate surface area is 167 Å². The van der Waals surface area contributed by atoms with Crippen molar-refractivity contribution in [2.75, 3.05) is 39.9 Å². The van der Waals surface area contributed by atoms with Crippen LogP contribution in [-0.2, 0) is 11.3 Å². The maximum atomic E-state index is 8.83. The molecule has 0 aliphatic carbocycles. The Hall–Kier alpha value is -1.37. The van der Waals surface area contributed by atoms with Crippen LogP contribution in [0.4, 0.5) is 0 Å². The molecule has 0 saturated carbocycles. The third-order valence-electron chi connectivity index (χ3n) is 4.32. The maximum absolute atomic E-state index is 8.83. The Morgan fingerprint density at radius 1 is 1.24 bits per heavy atom. The minimum Gasteiger partial charge on any atom is -0.379 e. The highest BCUT2D eigenvalue weighted by Crippen LogP contribution is 2.15. The van der Waals surface area contributed by atoms with E-state index in [0.29, 0.717) is 12.1 Å². The lowest BCUT2D eigenvalue weighted by molar-refractivity contribution is -0.00834. The van der Waals surface area contributed by atoms with Crippen LogP contribution in [0.2, 0.25) is 0 Å². The smallest absolute Gasteiger partial charge is 0.191 e. The Balaban J connectivity index is 0.00000312. The molecule has 2 rings (SSSR count). The largest absolute Gasteiger partial charge is 0.379 e. The van der Waals surface area contributed by atoms with Gasteiger partial charge in [0.25, 0.3) is 0 Å². The summed E-state index contributed by atoms with van der Waals surface area (Å²) in [5.74, 6) is 0.778. The molecule has 0 unspecified atom stereocenters. The zero-order valence-corrected chi connectivity index (χ0v) is 17.5. The molecule has 25 heavy (non-hydrogen) atoms. The normalized spacial score (nSPS) is 15.8. The van der Waals surface area contributed by atoms with Crippen molar-refractivity contribution in [3.8, 4) is 6.07 Å². The van der Waals surface area contributed by atoms with Crippen molar-refractivity contribution in [2.24, 2.45) is 4.99 Å². The highest BCUT2D eigenvalue weighted by Gasteiger charge is 2.28. The monoisotopic (exact) mass is 457 g/mol. The number of aliphatic imine (C=N–C) groups is 1. The topological polar surface area (TPSA) is 72.7 Å². The molecule has 1 heterocycles. The standard InChI is InChI=1S/C18H27N5O.HI/c1-18(2,23-8-10-24-11-9-23)14-22-17(20-3)21-13-16-6-4-15(12-19)5-7-16;/h4-7H,8-11,13-14H2,1-3H3,(H2,20,21,22);1H. The van der Waals surface area contributed by atoms with Gasteiger partial charge < -0.3 is 15.4 Å². The number of hydrogen-bond donors (Lipinski definition) is 2. The van der Waals surface area contributed by atoms with Crippen molar-refractivity contribution in [1.82, 2.24) is 15.5 Å². The van der Waals surface area contributed by atoms with E-state index in [4.69, 9.17) is 10.00 Å². The molecule has 0 amide bonds. The zero-order valence-electron chi connectivity index (χ0n) is 15.2. The molecule has 0 aromatic heterocycles. The first-order valence-electron chi connectivity index (χ1n) is 8.31. The number of nitrogens with one attached hydrogen (secondary N) is 2. The van der Waals surface area contributed by atoms with Crippen molar-refractivity contribution >= 4 is 29.9 Å². The Kier molecular flexibility index (Phi) is 9.17. The first kappa shape index (κ1) is 21.7. The number of rotatable bonds is 5.